The zero-order chi connectivity index (χ0) is 12.6. The second kappa shape index (κ2) is 4.19. The SMILES string of the molecule is COC(C)CC1C(=O)c2cccnc2S1(=O)=O. The number of carbonyl (C=O) groups is 1. The quantitative estimate of drug-likeness (QED) is 0.800. The predicted molar refractivity (Wildman–Crippen MR) is 60.6 cm³/mol. The number of aromatic nitrogens is 1. The maximum Gasteiger partial charge on any atom is 0.206 e. The molecule has 0 amide bonds. The van der Waals surface area contributed by atoms with Crippen molar-refractivity contribution in [2.45, 2.75) is 29.7 Å². The average Bonchev–Trinajstić information content (AvgIpc) is 2.51. The lowest BCUT2D eigenvalue weighted by Crippen LogP contribution is -2.27. The molecule has 0 bridgehead atoms. The number of methoxy groups -OCH3 is 1. The Bertz CT molecular complexity index is 552. The van der Waals surface area contributed by atoms with Crippen molar-refractivity contribution >= 4 is 15.6 Å². The minimum atomic E-state index is -3.64. The Morgan fingerprint density at radius 3 is 2.82 bits per heavy atom. The summed E-state index contributed by atoms with van der Waals surface area (Å²) < 4.78 is 29.2. The first-order chi connectivity index (χ1) is 7.98. The van der Waals surface area contributed by atoms with Gasteiger partial charge in [-0.2, -0.15) is 0 Å². The van der Waals surface area contributed by atoms with Gasteiger partial charge < -0.3 is 4.74 Å². The third kappa shape index (κ3) is 1.87. The summed E-state index contributed by atoms with van der Waals surface area (Å²) in [5.41, 5.74) is 0.195. The van der Waals surface area contributed by atoms with Crippen LogP contribution in [0.3, 0.4) is 0 Å². The van der Waals surface area contributed by atoms with Crippen molar-refractivity contribution in [3.63, 3.8) is 0 Å². The van der Waals surface area contributed by atoms with Crippen molar-refractivity contribution in [3.8, 4) is 0 Å². The number of carbonyl (C=O) groups excluding carboxylic acids is 1. The largest absolute Gasteiger partial charge is 0.382 e. The van der Waals surface area contributed by atoms with E-state index in [-0.39, 0.29) is 28.9 Å². The lowest BCUT2D eigenvalue weighted by molar-refractivity contribution is 0.0891. The highest BCUT2D eigenvalue weighted by Gasteiger charge is 2.45. The molecule has 5 nitrogen and oxygen atoms in total. The molecule has 2 unspecified atom stereocenters. The van der Waals surface area contributed by atoms with E-state index in [1.54, 1.807) is 13.0 Å². The van der Waals surface area contributed by atoms with E-state index in [0.717, 1.165) is 0 Å². The molecule has 0 saturated heterocycles. The Kier molecular flexibility index (Phi) is 3.01. The smallest absolute Gasteiger partial charge is 0.206 e. The Morgan fingerprint density at radius 2 is 2.24 bits per heavy atom. The maximum atomic E-state index is 12.1. The summed E-state index contributed by atoms with van der Waals surface area (Å²) in [6, 6.07) is 3.06. The summed E-state index contributed by atoms with van der Waals surface area (Å²) in [7, 11) is -2.15. The number of hydrogen-bond donors (Lipinski definition) is 0. The van der Waals surface area contributed by atoms with Gasteiger partial charge in [-0.15, -0.1) is 0 Å². The topological polar surface area (TPSA) is 73.3 Å². The Labute approximate surface area is 99.7 Å². The second-order valence-corrected chi connectivity index (χ2v) is 6.08. The Balaban J connectivity index is 2.44. The van der Waals surface area contributed by atoms with E-state index in [4.69, 9.17) is 4.74 Å². The fourth-order valence-electron chi connectivity index (χ4n) is 1.89. The standard InChI is InChI=1S/C11H13NO4S/c1-7(16-2)6-9-10(13)8-4-3-5-12-11(8)17(9,14)15/h3-5,7,9H,6H2,1-2H3. The summed E-state index contributed by atoms with van der Waals surface area (Å²) >= 11 is 0. The predicted octanol–water partition coefficient (Wildman–Crippen LogP) is 0.845. The number of nitrogens with zero attached hydrogens (tertiary/aromatic N) is 1. The average molecular weight is 255 g/mol. The first-order valence-corrected chi connectivity index (χ1v) is 6.79. The number of rotatable bonds is 3. The fourth-order valence-corrected chi connectivity index (χ4v) is 3.77. The molecule has 2 atom stereocenters. The van der Waals surface area contributed by atoms with Crippen molar-refractivity contribution in [1.29, 1.82) is 0 Å². The lowest BCUT2D eigenvalue weighted by Gasteiger charge is -2.13. The van der Waals surface area contributed by atoms with E-state index in [1.165, 1.54) is 19.4 Å². The van der Waals surface area contributed by atoms with Gasteiger partial charge in [0.2, 0.25) is 9.84 Å². The van der Waals surface area contributed by atoms with Gasteiger partial charge in [0.15, 0.2) is 10.8 Å². The maximum absolute atomic E-state index is 12.1. The zero-order valence-electron chi connectivity index (χ0n) is 9.58. The van der Waals surface area contributed by atoms with E-state index in [0.29, 0.717) is 0 Å². The highest BCUT2D eigenvalue weighted by molar-refractivity contribution is 7.93. The molecule has 1 aliphatic rings. The van der Waals surface area contributed by atoms with E-state index in [2.05, 4.69) is 4.98 Å². The molecule has 17 heavy (non-hydrogen) atoms. The van der Waals surface area contributed by atoms with E-state index >= 15 is 0 Å². The highest BCUT2D eigenvalue weighted by atomic mass is 32.2. The van der Waals surface area contributed by atoms with Gasteiger partial charge in [-0.3, -0.25) is 4.79 Å². The van der Waals surface area contributed by atoms with E-state index < -0.39 is 15.1 Å². The van der Waals surface area contributed by atoms with Crippen molar-refractivity contribution in [3.05, 3.63) is 23.9 Å². The van der Waals surface area contributed by atoms with Crippen LogP contribution >= 0.6 is 0 Å². The molecule has 1 aromatic heterocycles. The molecule has 1 aromatic rings. The Morgan fingerprint density at radius 1 is 1.53 bits per heavy atom. The van der Waals surface area contributed by atoms with Gasteiger partial charge in [0.05, 0.1) is 11.7 Å². The Hall–Kier alpha value is -1.27. The number of fused-ring (bicyclic) bond motifs is 1. The number of ether oxygens (including phenoxy) is 1. The molecule has 92 valence electrons. The summed E-state index contributed by atoms with van der Waals surface area (Å²) in [6.07, 6.45) is 1.26. The highest BCUT2D eigenvalue weighted by Crippen LogP contribution is 2.31. The normalized spacial score (nSPS) is 23.4. The van der Waals surface area contributed by atoms with Crippen LogP contribution in [-0.2, 0) is 14.6 Å². The molecule has 1 aliphatic heterocycles. The van der Waals surface area contributed by atoms with E-state index in [1.807, 2.05) is 0 Å². The third-order valence-corrected chi connectivity index (χ3v) is 4.94. The van der Waals surface area contributed by atoms with Crippen LogP contribution in [0.2, 0.25) is 0 Å². The first-order valence-electron chi connectivity index (χ1n) is 5.24. The molecule has 2 heterocycles. The molecule has 0 fully saturated rings. The zero-order valence-corrected chi connectivity index (χ0v) is 10.4. The molecule has 2 rings (SSSR count). The summed E-state index contributed by atoms with van der Waals surface area (Å²) in [5, 5.41) is -1.15. The van der Waals surface area contributed by atoms with Crippen LogP contribution in [0.1, 0.15) is 23.7 Å². The van der Waals surface area contributed by atoms with E-state index in [9.17, 15) is 13.2 Å². The molecule has 0 aromatic carbocycles. The van der Waals surface area contributed by atoms with Crippen LogP contribution in [0.4, 0.5) is 0 Å². The van der Waals surface area contributed by atoms with Crippen LogP contribution in [0.5, 0.6) is 0 Å². The van der Waals surface area contributed by atoms with Gasteiger partial charge in [0, 0.05) is 13.3 Å². The third-order valence-electron chi connectivity index (χ3n) is 2.92. The summed E-state index contributed by atoms with van der Waals surface area (Å²) in [5.74, 6) is -0.378. The van der Waals surface area contributed by atoms with Crippen LogP contribution in [0.25, 0.3) is 0 Å². The minimum absolute atomic E-state index is 0.0988. The van der Waals surface area contributed by atoms with Crippen molar-refractivity contribution in [1.82, 2.24) is 4.98 Å². The molecule has 0 N–H and O–H groups in total. The number of pyridine rings is 1. The van der Waals surface area contributed by atoms with Crippen LogP contribution in [-0.4, -0.2) is 37.6 Å². The monoisotopic (exact) mass is 255 g/mol. The van der Waals surface area contributed by atoms with Crippen molar-refractivity contribution in [2.75, 3.05) is 7.11 Å². The van der Waals surface area contributed by atoms with Gasteiger partial charge in [-0.1, -0.05) is 0 Å². The molecular weight excluding hydrogens is 242 g/mol. The van der Waals surface area contributed by atoms with Gasteiger partial charge in [0.1, 0.15) is 5.25 Å². The lowest BCUT2D eigenvalue weighted by atomic mass is 10.1. The number of hydrogen-bond acceptors (Lipinski definition) is 5. The molecule has 0 spiro atoms. The fraction of sp³-hybridized carbons (Fsp3) is 0.455. The number of Topliss-reactive ketones (excluding diaryl/α,β-unsaturated/α-hetero) is 1. The van der Waals surface area contributed by atoms with Crippen molar-refractivity contribution < 1.29 is 17.9 Å². The van der Waals surface area contributed by atoms with Gasteiger partial charge >= 0.3 is 0 Å². The summed E-state index contributed by atoms with van der Waals surface area (Å²) in [6.45, 7) is 1.74. The van der Waals surface area contributed by atoms with Gasteiger partial charge in [-0.25, -0.2) is 13.4 Å². The number of sulfone groups is 1. The second-order valence-electron chi connectivity index (χ2n) is 4.04. The molecular formula is C11H13NO4S. The van der Waals surface area contributed by atoms with Crippen LogP contribution in [0.15, 0.2) is 23.4 Å². The molecule has 0 radical (unpaired) electrons. The van der Waals surface area contributed by atoms with Gasteiger partial charge in [0.25, 0.3) is 0 Å². The molecule has 0 aliphatic carbocycles. The van der Waals surface area contributed by atoms with Crippen LogP contribution in [0, 0.1) is 0 Å². The van der Waals surface area contributed by atoms with Gasteiger partial charge in [-0.05, 0) is 25.5 Å². The number of ketones is 1. The van der Waals surface area contributed by atoms with Crippen LogP contribution < -0.4 is 0 Å². The molecule has 0 saturated carbocycles. The molecule has 6 heteroatoms. The summed E-state index contributed by atoms with van der Waals surface area (Å²) in [4.78, 5) is 15.8. The minimum Gasteiger partial charge on any atom is -0.382 e. The first kappa shape index (κ1) is 12.2. The van der Waals surface area contributed by atoms with Crippen molar-refractivity contribution in [2.24, 2.45) is 0 Å².